The summed E-state index contributed by atoms with van der Waals surface area (Å²) in [5.41, 5.74) is 0.671. The number of anilines is 1. The second kappa shape index (κ2) is 9.53. The van der Waals surface area contributed by atoms with Gasteiger partial charge in [0.1, 0.15) is 10.6 Å². The number of hydrogen-bond donors (Lipinski definition) is 1. The standard InChI is InChI=1S/C20H23Cl2N3O4S/c1-14(20(26)23-16-4-6-17(29-2)7-5-16)24-9-11-25(12-10-24)30(27,28)19-13-15(21)3-8-18(19)22/h3-8,13-14H,9-12H2,1-2H3,(H,23,26). The summed E-state index contributed by atoms with van der Waals surface area (Å²) in [6, 6.07) is 11.0. The number of amides is 1. The Morgan fingerprint density at radius 1 is 1.07 bits per heavy atom. The van der Waals surface area contributed by atoms with Crippen LogP contribution in [0.5, 0.6) is 5.75 Å². The summed E-state index contributed by atoms with van der Waals surface area (Å²) in [5, 5.41) is 3.31. The molecule has 1 amide bonds. The Morgan fingerprint density at radius 3 is 2.30 bits per heavy atom. The predicted octanol–water partition coefficient (Wildman–Crippen LogP) is 3.34. The van der Waals surface area contributed by atoms with Gasteiger partial charge in [-0.1, -0.05) is 23.2 Å². The van der Waals surface area contributed by atoms with E-state index in [2.05, 4.69) is 5.32 Å². The summed E-state index contributed by atoms with van der Waals surface area (Å²) in [7, 11) is -2.18. The molecule has 0 aromatic heterocycles. The lowest BCUT2D eigenvalue weighted by Crippen LogP contribution is -2.53. The van der Waals surface area contributed by atoms with E-state index < -0.39 is 16.1 Å². The fourth-order valence-corrected chi connectivity index (χ4v) is 5.39. The maximum absolute atomic E-state index is 12.9. The van der Waals surface area contributed by atoms with E-state index in [9.17, 15) is 13.2 Å². The smallest absolute Gasteiger partial charge is 0.244 e. The third-order valence-electron chi connectivity index (χ3n) is 5.07. The van der Waals surface area contributed by atoms with E-state index in [0.717, 1.165) is 0 Å². The van der Waals surface area contributed by atoms with Gasteiger partial charge in [-0.05, 0) is 49.4 Å². The molecule has 2 aromatic rings. The quantitative estimate of drug-likeness (QED) is 0.698. The van der Waals surface area contributed by atoms with Crippen molar-refractivity contribution in [2.75, 3.05) is 38.6 Å². The molecule has 30 heavy (non-hydrogen) atoms. The number of hydrogen-bond acceptors (Lipinski definition) is 5. The summed E-state index contributed by atoms with van der Waals surface area (Å²) >= 11 is 12.0. The van der Waals surface area contributed by atoms with Gasteiger partial charge in [-0.15, -0.1) is 0 Å². The van der Waals surface area contributed by atoms with Gasteiger partial charge >= 0.3 is 0 Å². The molecule has 1 unspecified atom stereocenters. The molecule has 1 aliphatic rings. The van der Waals surface area contributed by atoms with Gasteiger partial charge in [-0.25, -0.2) is 8.42 Å². The second-order valence-electron chi connectivity index (χ2n) is 6.91. The highest BCUT2D eigenvalue weighted by atomic mass is 35.5. The first-order chi connectivity index (χ1) is 14.2. The van der Waals surface area contributed by atoms with Crippen molar-refractivity contribution >= 4 is 44.8 Å². The summed E-state index contributed by atoms with van der Waals surface area (Å²) in [6.45, 7) is 3.16. The lowest BCUT2D eigenvalue weighted by Gasteiger charge is -2.36. The van der Waals surface area contributed by atoms with Crippen LogP contribution in [-0.2, 0) is 14.8 Å². The monoisotopic (exact) mass is 471 g/mol. The molecule has 0 bridgehead atoms. The summed E-state index contributed by atoms with van der Waals surface area (Å²) in [6.07, 6.45) is 0. The van der Waals surface area contributed by atoms with E-state index in [-0.39, 0.29) is 28.9 Å². The molecule has 0 saturated carbocycles. The van der Waals surface area contributed by atoms with Gasteiger partial charge in [-0.3, -0.25) is 9.69 Å². The fraction of sp³-hybridized carbons (Fsp3) is 0.350. The molecule has 1 aliphatic heterocycles. The van der Waals surface area contributed by atoms with Crippen LogP contribution < -0.4 is 10.1 Å². The number of ether oxygens (including phenoxy) is 1. The minimum absolute atomic E-state index is 0.00425. The molecule has 0 radical (unpaired) electrons. The van der Waals surface area contributed by atoms with E-state index in [1.54, 1.807) is 44.4 Å². The minimum Gasteiger partial charge on any atom is -0.497 e. The van der Waals surface area contributed by atoms with Crippen LogP contribution in [0.2, 0.25) is 10.0 Å². The molecular weight excluding hydrogens is 449 g/mol. The average molecular weight is 472 g/mol. The van der Waals surface area contributed by atoms with Crippen molar-refractivity contribution in [3.63, 3.8) is 0 Å². The largest absolute Gasteiger partial charge is 0.497 e. The van der Waals surface area contributed by atoms with Crippen molar-refractivity contribution in [2.24, 2.45) is 0 Å². The number of benzene rings is 2. The number of rotatable bonds is 6. The van der Waals surface area contributed by atoms with Crippen LogP contribution >= 0.6 is 23.2 Å². The normalized spacial score (nSPS) is 16.8. The molecular formula is C20H23Cl2N3O4S. The zero-order valence-corrected chi connectivity index (χ0v) is 19.0. The first-order valence-electron chi connectivity index (χ1n) is 9.36. The molecule has 1 saturated heterocycles. The Morgan fingerprint density at radius 2 is 1.70 bits per heavy atom. The third kappa shape index (κ3) is 5.07. The average Bonchev–Trinajstić information content (AvgIpc) is 2.75. The number of nitrogens with zero attached hydrogens (tertiary/aromatic N) is 2. The van der Waals surface area contributed by atoms with Crippen LogP contribution in [0.25, 0.3) is 0 Å². The highest BCUT2D eigenvalue weighted by Crippen LogP contribution is 2.28. The van der Waals surface area contributed by atoms with Crippen LogP contribution in [0.4, 0.5) is 5.69 Å². The lowest BCUT2D eigenvalue weighted by molar-refractivity contribution is -0.121. The number of halogens is 2. The van der Waals surface area contributed by atoms with Gasteiger partial charge < -0.3 is 10.1 Å². The Labute approximate surface area is 186 Å². The van der Waals surface area contributed by atoms with Crippen LogP contribution in [0.1, 0.15) is 6.92 Å². The molecule has 10 heteroatoms. The van der Waals surface area contributed by atoms with Gasteiger partial charge in [0.25, 0.3) is 0 Å². The van der Waals surface area contributed by atoms with E-state index >= 15 is 0 Å². The highest BCUT2D eigenvalue weighted by molar-refractivity contribution is 7.89. The number of carbonyl (C=O) groups excluding carboxylic acids is 1. The molecule has 2 aromatic carbocycles. The molecule has 7 nitrogen and oxygen atoms in total. The number of nitrogens with one attached hydrogen (secondary N) is 1. The number of piperazine rings is 1. The van der Waals surface area contributed by atoms with Crippen molar-refractivity contribution in [1.29, 1.82) is 0 Å². The summed E-state index contributed by atoms with van der Waals surface area (Å²) in [4.78, 5) is 14.5. The number of sulfonamides is 1. The van der Waals surface area contributed by atoms with E-state index in [0.29, 0.717) is 29.5 Å². The summed E-state index contributed by atoms with van der Waals surface area (Å²) in [5.74, 6) is 0.549. The van der Waals surface area contributed by atoms with Crippen molar-refractivity contribution in [3.05, 3.63) is 52.5 Å². The molecule has 1 N–H and O–H groups in total. The lowest BCUT2D eigenvalue weighted by atomic mass is 10.2. The topological polar surface area (TPSA) is 79.0 Å². The molecule has 3 rings (SSSR count). The van der Waals surface area contributed by atoms with E-state index in [4.69, 9.17) is 27.9 Å². The van der Waals surface area contributed by atoms with Gasteiger partial charge in [0.15, 0.2) is 0 Å². The van der Waals surface area contributed by atoms with Gasteiger partial charge in [-0.2, -0.15) is 4.31 Å². The Hall–Kier alpha value is -1.84. The Balaban J connectivity index is 1.61. The molecule has 1 heterocycles. The Kier molecular flexibility index (Phi) is 7.26. The van der Waals surface area contributed by atoms with Crippen molar-refractivity contribution in [3.8, 4) is 5.75 Å². The van der Waals surface area contributed by atoms with Gasteiger partial charge in [0.2, 0.25) is 15.9 Å². The Bertz CT molecular complexity index is 1010. The van der Waals surface area contributed by atoms with Gasteiger partial charge in [0, 0.05) is 36.9 Å². The highest BCUT2D eigenvalue weighted by Gasteiger charge is 2.33. The van der Waals surface area contributed by atoms with Crippen LogP contribution in [0.15, 0.2) is 47.4 Å². The van der Waals surface area contributed by atoms with E-state index in [1.807, 2.05) is 4.90 Å². The first kappa shape index (κ1) is 22.8. The third-order valence-corrected chi connectivity index (χ3v) is 7.68. The van der Waals surface area contributed by atoms with Gasteiger partial charge in [0.05, 0.1) is 18.2 Å². The zero-order valence-electron chi connectivity index (χ0n) is 16.6. The SMILES string of the molecule is COc1ccc(NC(=O)C(C)N2CCN(S(=O)(=O)c3cc(Cl)ccc3Cl)CC2)cc1. The van der Waals surface area contributed by atoms with E-state index in [1.165, 1.54) is 16.4 Å². The maximum atomic E-state index is 12.9. The predicted molar refractivity (Wildman–Crippen MR) is 118 cm³/mol. The van der Waals surface area contributed by atoms with Crippen molar-refractivity contribution in [1.82, 2.24) is 9.21 Å². The molecule has 162 valence electrons. The zero-order chi connectivity index (χ0) is 21.9. The molecule has 1 fully saturated rings. The molecule has 0 spiro atoms. The van der Waals surface area contributed by atoms with Crippen LogP contribution in [0.3, 0.4) is 0 Å². The fourth-order valence-electron chi connectivity index (χ4n) is 3.23. The number of methoxy groups -OCH3 is 1. The first-order valence-corrected chi connectivity index (χ1v) is 11.6. The van der Waals surface area contributed by atoms with Crippen LogP contribution in [-0.4, -0.2) is 62.9 Å². The summed E-state index contributed by atoms with van der Waals surface area (Å²) < 4.78 is 32.4. The van der Waals surface area contributed by atoms with Crippen molar-refractivity contribution < 1.29 is 17.9 Å². The minimum atomic E-state index is -3.76. The second-order valence-corrected chi connectivity index (χ2v) is 9.66. The molecule has 0 aliphatic carbocycles. The maximum Gasteiger partial charge on any atom is 0.244 e. The van der Waals surface area contributed by atoms with Crippen LogP contribution in [0, 0.1) is 0 Å². The number of carbonyl (C=O) groups is 1. The van der Waals surface area contributed by atoms with Crippen molar-refractivity contribution in [2.45, 2.75) is 17.9 Å². The molecule has 1 atom stereocenters.